The summed E-state index contributed by atoms with van der Waals surface area (Å²) in [5.41, 5.74) is -0.0410. The van der Waals surface area contributed by atoms with Gasteiger partial charge in [0.05, 0.1) is 16.4 Å². The van der Waals surface area contributed by atoms with Crippen LogP contribution < -0.4 is 0 Å². The first-order chi connectivity index (χ1) is 13.8. The minimum atomic E-state index is -0.575. The SMILES string of the molecule is CN1CCN=C1/C(C(=O)c1ccc([N+](=O)[O-])cc1)=C(/O)c1ccc([N+](=O)[O-])cc1. The lowest BCUT2D eigenvalue weighted by atomic mass is 9.97. The number of aliphatic hydroxyl groups excluding tert-OH is 1. The lowest BCUT2D eigenvalue weighted by Crippen LogP contribution is -2.28. The van der Waals surface area contributed by atoms with Crippen LogP contribution in [0.2, 0.25) is 0 Å². The van der Waals surface area contributed by atoms with E-state index in [4.69, 9.17) is 0 Å². The summed E-state index contributed by atoms with van der Waals surface area (Å²) in [5.74, 6) is -0.664. The predicted molar refractivity (Wildman–Crippen MR) is 105 cm³/mol. The van der Waals surface area contributed by atoms with Crippen LogP contribution in [0.5, 0.6) is 0 Å². The van der Waals surface area contributed by atoms with E-state index in [1.54, 1.807) is 11.9 Å². The smallest absolute Gasteiger partial charge is 0.269 e. The van der Waals surface area contributed by atoms with Crippen molar-refractivity contribution in [3.63, 3.8) is 0 Å². The van der Waals surface area contributed by atoms with Crippen molar-refractivity contribution in [2.24, 2.45) is 4.99 Å². The van der Waals surface area contributed by atoms with E-state index >= 15 is 0 Å². The van der Waals surface area contributed by atoms with E-state index in [2.05, 4.69) is 4.99 Å². The van der Waals surface area contributed by atoms with Crippen molar-refractivity contribution in [3.8, 4) is 0 Å². The second-order valence-electron chi connectivity index (χ2n) is 6.29. The fraction of sp³-hybridized carbons (Fsp3) is 0.158. The van der Waals surface area contributed by atoms with E-state index in [-0.39, 0.29) is 39.7 Å². The molecule has 0 spiro atoms. The quantitative estimate of drug-likeness (QED) is 0.260. The number of ketones is 1. The third kappa shape index (κ3) is 3.95. The highest BCUT2D eigenvalue weighted by molar-refractivity contribution is 6.31. The molecule has 0 amide bonds. The summed E-state index contributed by atoms with van der Waals surface area (Å²) in [6, 6.07) is 10.1. The highest BCUT2D eigenvalue weighted by Crippen LogP contribution is 2.26. The molecule has 0 saturated carbocycles. The first-order valence-electron chi connectivity index (χ1n) is 8.52. The molecule has 0 unspecified atom stereocenters. The summed E-state index contributed by atoms with van der Waals surface area (Å²) in [6.07, 6.45) is 0. The van der Waals surface area contributed by atoms with E-state index in [1.807, 2.05) is 0 Å². The molecule has 2 aromatic carbocycles. The number of amidine groups is 1. The molecular weight excluding hydrogens is 380 g/mol. The number of likely N-dealkylation sites (N-methyl/N-ethyl adjacent to an activating group) is 1. The minimum absolute atomic E-state index is 0.0762. The van der Waals surface area contributed by atoms with Crippen molar-refractivity contribution >= 4 is 28.8 Å². The van der Waals surface area contributed by atoms with Crippen LogP contribution in [0.4, 0.5) is 11.4 Å². The highest BCUT2D eigenvalue weighted by Gasteiger charge is 2.28. The molecule has 1 N–H and O–H groups in total. The van der Waals surface area contributed by atoms with Gasteiger partial charge >= 0.3 is 0 Å². The van der Waals surface area contributed by atoms with Crippen LogP contribution in [0.3, 0.4) is 0 Å². The van der Waals surface area contributed by atoms with E-state index in [0.717, 1.165) is 0 Å². The Hall–Kier alpha value is -4.08. The van der Waals surface area contributed by atoms with Gasteiger partial charge in [-0.1, -0.05) is 0 Å². The molecule has 1 aliphatic rings. The maximum atomic E-state index is 13.1. The standard InChI is InChI=1S/C19H16N4O6/c1-21-11-10-20-19(21)16(17(24)12-2-6-14(7-3-12)22(26)27)18(25)13-4-8-15(9-5-13)23(28)29/h2-9,24H,10-11H2,1H3/b17-16+. The second-order valence-corrected chi connectivity index (χ2v) is 6.29. The van der Waals surface area contributed by atoms with Gasteiger partial charge in [-0.3, -0.25) is 30.0 Å². The highest BCUT2D eigenvalue weighted by atomic mass is 16.6. The summed E-state index contributed by atoms with van der Waals surface area (Å²) in [5, 5.41) is 32.5. The number of benzene rings is 2. The first-order valence-corrected chi connectivity index (χ1v) is 8.52. The summed E-state index contributed by atoms with van der Waals surface area (Å²) >= 11 is 0. The lowest BCUT2D eigenvalue weighted by Gasteiger charge is -2.17. The fourth-order valence-corrected chi connectivity index (χ4v) is 2.88. The van der Waals surface area contributed by atoms with Gasteiger partial charge in [-0.2, -0.15) is 0 Å². The van der Waals surface area contributed by atoms with Crippen LogP contribution in [0, 0.1) is 20.2 Å². The Labute approximate surface area is 164 Å². The van der Waals surface area contributed by atoms with Gasteiger partial charge in [0.2, 0.25) is 5.78 Å². The number of nitrogens with zero attached hydrogens (tertiary/aromatic N) is 4. The lowest BCUT2D eigenvalue weighted by molar-refractivity contribution is -0.385. The fourth-order valence-electron chi connectivity index (χ4n) is 2.88. The summed E-state index contributed by atoms with van der Waals surface area (Å²) in [7, 11) is 1.72. The van der Waals surface area contributed by atoms with Gasteiger partial charge in [-0.05, 0) is 24.3 Å². The molecule has 148 valence electrons. The molecule has 0 atom stereocenters. The number of nitro groups is 2. The number of non-ortho nitro benzene ring substituents is 2. The molecule has 29 heavy (non-hydrogen) atoms. The average Bonchev–Trinajstić information content (AvgIpc) is 3.13. The predicted octanol–water partition coefficient (Wildman–Crippen LogP) is 3.00. The summed E-state index contributed by atoms with van der Waals surface area (Å²) in [6.45, 7) is 0.996. The van der Waals surface area contributed by atoms with Crippen molar-refractivity contribution in [2.75, 3.05) is 20.1 Å². The van der Waals surface area contributed by atoms with E-state index in [1.165, 1.54) is 48.5 Å². The van der Waals surface area contributed by atoms with Gasteiger partial charge in [-0.15, -0.1) is 0 Å². The normalized spacial score (nSPS) is 14.2. The van der Waals surface area contributed by atoms with Crippen molar-refractivity contribution in [1.82, 2.24) is 4.90 Å². The van der Waals surface area contributed by atoms with Crippen LogP contribution in [0.25, 0.3) is 5.76 Å². The third-order valence-corrected chi connectivity index (χ3v) is 4.44. The number of carbonyl (C=O) groups is 1. The maximum Gasteiger partial charge on any atom is 0.269 e. The average molecular weight is 396 g/mol. The molecule has 1 heterocycles. The molecule has 0 aliphatic carbocycles. The molecule has 0 aromatic heterocycles. The zero-order valence-corrected chi connectivity index (χ0v) is 15.3. The Balaban J connectivity index is 2.09. The molecular formula is C19H16N4O6. The van der Waals surface area contributed by atoms with Gasteiger partial charge in [0.1, 0.15) is 17.2 Å². The number of aliphatic hydroxyl groups is 1. The van der Waals surface area contributed by atoms with Gasteiger partial charge in [0.15, 0.2) is 0 Å². The zero-order chi connectivity index (χ0) is 21.1. The Kier molecular flexibility index (Phi) is 5.35. The zero-order valence-electron chi connectivity index (χ0n) is 15.3. The number of hydrogen-bond acceptors (Lipinski definition) is 8. The van der Waals surface area contributed by atoms with Gasteiger partial charge in [-0.25, -0.2) is 0 Å². The maximum absolute atomic E-state index is 13.1. The molecule has 0 bridgehead atoms. The van der Waals surface area contributed by atoms with Crippen molar-refractivity contribution in [1.29, 1.82) is 0 Å². The monoisotopic (exact) mass is 396 g/mol. The first kappa shape index (κ1) is 19.7. The van der Waals surface area contributed by atoms with Crippen LogP contribution >= 0.6 is 0 Å². The van der Waals surface area contributed by atoms with Gasteiger partial charge < -0.3 is 10.0 Å². The van der Waals surface area contributed by atoms with Gasteiger partial charge in [0, 0.05) is 49.0 Å². The number of Topliss-reactive ketones (excluding diaryl/α,β-unsaturated/α-hetero) is 1. The molecule has 2 aromatic rings. The largest absolute Gasteiger partial charge is 0.506 e. The van der Waals surface area contributed by atoms with Crippen LogP contribution in [-0.4, -0.2) is 51.6 Å². The van der Waals surface area contributed by atoms with Crippen LogP contribution in [0.15, 0.2) is 59.1 Å². The number of nitro benzene ring substituents is 2. The van der Waals surface area contributed by atoms with Crippen molar-refractivity contribution < 1.29 is 19.7 Å². The van der Waals surface area contributed by atoms with Crippen LogP contribution in [0.1, 0.15) is 15.9 Å². The molecule has 0 fully saturated rings. The molecule has 1 aliphatic heterocycles. The number of aliphatic imine (C=N–C) groups is 1. The Morgan fingerprint density at radius 2 is 1.45 bits per heavy atom. The Bertz CT molecular complexity index is 1040. The van der Waals surface area contributed by atoms with Crippen molar-refractivity contribution in [2.45, 2.75) is 0 Å². The van der Waals surface area contributed by atoms with Gasteiger partial charge in [0.25, 0.3) is 11.4 Å². The number of hydrogen-bond donors (Lipinski definition) is 1. The van der Waals surface area contributed by atoms with E-state index in [0.29, 0.717) is 13.1 Å². The second kappa shape index (κ2) is 7.89. The molecule has 10 nitrogen and oxygen atoms in total. The number of carbonyl (C=O) groups excluding carboxylic acids is 1. The Morgan fingerprint density at radius 1 is 0.966 bits per heavy atom. The number of rotatable bonds is 6. The third-order valence-electron chi connectivity index (χ3n) is 4.44. The molecule has 3 rings (SSSR count). The summed E-state index contributed by atoms with van der Waals surface area (Å²) in [4.78, 5) is 39.7. The van der Waals surface area contributed by atoms with Crippen molar-refractivity contribution in [3.05, 3.63) is 85.5 Å². The summed E-state index contributed by atoms with van der Waals surface area (Å²) < 4.78 is 0. The molecule has 10 heteroatoms. The van der Waals surface area contributed by atoms with Crippen LogP contribution in [-0.2, 0) is 0 Å². The van der Waals surface area contributed by atoms with E-state index < -0.39 is 15.6 Å². The minimum Gasteiger partial charge on any atom is -0.506 e. The Morgan fingerprint density at radius 3 is 1.86 bits per heavy atom. The van der Waals surface area contributed by atoms with E-state index in [9.17, 15) is 30.1 Å². The topological polar surface area (TPSA) is 139 Å². The molecule has 0 saturated heterocycles. The molecule has 0 radical (unpaired) electrons.